The molecule has 0 N–H and O–H groups in total. The van der Waals surface area contributed by atoms with Crippen LogP contribution in [0.25, 0.3) is 27.7 Å². The average molecular weight is 463 g/mol. The average Bonchev–Trinajstić information content (AvgIpc) is 3.32. The van der Waals surface area contributed by atoms with E-state index in [0.717, 1.165) is 66.9 Å². The number of anilines is 1. The van der Waals surface area contributed by atoms with E-state index in [1.165, 1.54) is 6.07 Å². The van der Waals surface area contributed by atoms with Crippen molar-refractivity contribution < 1.29 is 8.50 Å². The van der Waals surface area contributed by atoms with Crippen molar-refractivity contribution in [3.63, 3.8) is 0 Å². The maximum atomic E-state index is 14.1. The zero-order valence-electron chi connectivity index (χ0n) is 22.3. The Morgan fingerprint density at radius 3 is 2.62 bits per heavy atom. The van der Waals surface area contributed by atoms with Crippen LogP contribution in [-0.4, -0.2) is 81.7 Å². The van der Waals surface area contributed by atoms with Gasteiger partial charge in [-0.2, -0.15) is 5.10 Å². The van der Waals surface area contributed by atoms with Gasteiger partial charge in [-0.1, -0.05) is 0 Å². The number of halogens is 1. The molecule has 2 fully saturated rings. The third-order valence-electron chi connectivity index (χ3n) is 7.32. The van der Waals surface area contributed by atoms with E-state index in [1.54, 1.807) is 18.0 Å². The Labute approximate surface area is 203 Å². The number of aromatic nitrogens is 4. The highest BCUT2D eigenvalue weighted by Crippen LogP contribution is 2.32. The summed E-state index contributed by atoms with van der Waals surface area (Å²) >= 11 is 0. The van der Waals surface area contributed by atoms with E-state index in [-0.39, 0.29) is 5.82 Å². The molecule has 3 aromatic heterocycles. The monoisotopic (exact) mass is 462 g/mol. The van der Waals surface area contributed by atoms with E-state index in [0.29, 0.717) is 30.2 Å². The van der Waals surface area contributed by atoms with Gasteiger partial charge in [0.1, 0.15) is 5.82 Å². The molecule has 34 heavy (non-hydrogen) atoms. The second-order valence-electron chi connectivity index (χ2n) is 9.36. The Hall–Kier alpha value is -3.10. The van der Waals surface area contributed by atoms with Crippen molar-refractivity contribution in [2.24, 2.45) is 0 Å². The Morgan fingerprint density at radius 1 is 1.00 bits per heavy atom. The van der Waals surface area contributed by atoms with Gasteiger partial charge in [-0.15, -0.1) is 0 Å². The number of nitrogens with zero attached hydrogens (tertiary/aromatic N) is 7. The summed E-state index contributed by atoms with van der Waals surface area (Å²) in [5.74, 6) is -0.263. The number of hydrogen-bond donors (Lipinski definition) is 0. The second kappa shape index (κ2) is 8.60. The van der Waals surface area contributed by atoms with Crippen LogP contribution in [0.2, 0.25) is 0 Å². The normalized spacial score (nSPS) is 20.5. The number of piperidine rings is 1. The lowest BCUT2D eigenvalue weighted by Crippen LogP contribution is -2.52. The molecule has 5 heterocycles. The molecular weight excluding hydrogens is 429 g/mol. The smallest absolute Gasteiger partial charge is 0.162 e. The van der Waals surface area contributed by atoms with E-state index in [9.17, 15) is 4.39 Å². The third kappa shape index (κ3) is 3.80. The first-order chi connectivity index (χ1) is 17.8. The molecule has 4 aromatic rings. The first-order valence-corrected chi connectivity index (χ1v) is 11.9. The minimum absolute atomic E-state index is 0.263. The standard InChI is InChI=1S/C26H30FN7/c1-18-13-22-21(3-6-28-25(22)14-24(18)27)23-16-30-34-17-20(15-29-26(23)34)32-7-4-19(5-8-32)33-11-9-31(2)10-12-33/h3,6,13-17,19H,4-5,7-12H2,1-2H3/i2D3. The van der Waals surface area contributed by atoms with Crippen molar-refractivity contribution >= 4 is 22.2 Å². The number of likely N-dealkylation sites (N-methyl/N-ethyl adjacent to an activating group) is 1. The van der Waals surface area contributed by atoms with Crippen molar-refractivity contribution in [1.29, 1.82) is 0 Å². The molecule has 0 aliphatic carbocycles. The largest absolute Gasteiger partial charge is 0.369 e. The molecule has 2 aliphatic rings. The van der Waals surface area contributed by atoms with Crippen LogP contribution < -0.4 is 4.90 Å². The Kier molecular flexibility index (Phi) is 4.62. The molecule has 1 aromatic carbocycles. The van der Waals surface area contributed by atoms with Crippen LogP contribution in [0.3, 0.4) is 0 Å². The van der Waals surface area contributed by atoms with Crippen LogP contribution in [-0.2, 0) is 0 Å². The lowest BCUT2D eigenvalue weighted by Gasteiger charge is -2.42. The SMILES string of the molecule is [2H]C([2H])([2H])N1CCN(C2CCN(c3cnc4c(-c5ccnc6cc(F)c(C)cc56)cnn4c3)CC2)CC1. The molecule has 0 amide bonds. The molecule has 2 saturated heterocycles. The minimum atomic E-state index is -1.99. The van der Waals surface area contributed by atoms with Gasteiger partial charge in [0.05, 0.1) is 29.8 Å². The van der Waals surface area contributed by atoms with E-state index in [1.807, 2.05) is 35.2 Å². The summed E-state index contributed by atoms with van der Waals surface area (Å²) in [6.45, 7) is 4.42. The van der Waals surface area contributed by atoms with Gasteiger partial charge < -0.3 is 9.80 Å². The van der Waals surface area contributed by atoms with Crippen LogP contribution in [0, 0.1) is 12.7 Å². The second-order valence-corrected chi connectivity index (χ2v) is 9.36. The van der Waals surface area contributed by atoms with Crippen LogP contribution in [0.4, 0.5) is 10.1 Å². The van der Waals surface area contributed by atoms with Gasteiger partial charge >= 0.3 is 0 Å². The molecule has 8 heteroatoms. The van der Waals surface area contributed by atoms with Crippen LogP contribution in [0.1, 0.15) is 22.5 Å². The first kappa shape index (κ1) is 18.3. The predicted molar refractivity (Wildman–Crippen MR) is 133 cm³/mol. The molecule has 7 nitrogen and oxygen atoms in total. The molecule has 176 valence electrons. The fraction of sp³-hybridized carbons (Fsp3) is 0.423. The van der Waals surface area contributed by atoms with E-state index in [4.69, 9.17) is 9.10 Å². The Balaban J connectivity index is 1.17. The molecule has 0 atom stereocenters. The summed E-state index contributed by atoms with van der Waals surface area (Å²) in [7, 11) is 0. The van der Waals surface area contributed by atoms with Gasteiger partial charge in [-0.05, 0) is 50.0 Å². The van der Waals surface area contributed by atoms with Crippen molar-refractivity contribution in [2.75, 3.05) is 51.1 Å². The number of aryl methyl sites for hydroxylation is 1. The maximum absolute atomic E-state index is 14.1. The molecule has 0 saturated carbocycles. The summed E-state index contributed by atoms with van der Waals surface area (Å²) in [6, 6.07) is 5.71. The zero-order chi connectivity index (χ0) is 25.7. The predicted octanol–water partition coefficient (Wildman–Crippen LogP) is 3.61. The Bertz CT molecular complexity index is 1440. The number of pyridine rings is 1. The number of piperazine rings is 1. The quantitative estimate of drug-likeness (QED) is 0.464. The summed E-state index contributed by atoms with van der Waals surface area (Å²) in [5.41, 5.74) is 4.79. The fourth-order valence-electron chi connectivity index (χ4n) is 5.30. The topological polar surface area (TPSA) is 52.8 Å². The highest BCUT2D eigenvalue weighted by Gasteiger charge is 2.27. The summed E-state index contributed by atoms with van der Waals surface area (Å²) in [4.78, 5) is 15.5. The molecule has 6 rings (SSSR count). The minimum Gasteiger partial charge on any atom is -0.369 e. The number of fused-ring (bicyclic) bond motifs is 2. The summed E-state index contributed by atoms with van der Waals surface area (Å²) < 4.78 is 38.8. The fourth-order valence-corrected chi connectivity index (χ4v) is 5.30. The molecular formula is C26H30FN7. The van der Waals surface area contributed by atoms with E-state index >= 15 is 0 Å². The van der Waals surface area contributed by atoms with Crippen LogP contribution >= 0.6 is 0 Å². The van der Waals surface area contributed by atoms with Crippen molar-refractivity contribution in [3.05, 3.63) is 54.4 Å². The van der Waals surface area contributed by atoms with Crippen molar-refractivity contribution in [2.45, 2.75) is 25.8 Å². The van der Waals surface area contributed by atoms with Crippen LogP contribution in [0.5, 0.6) is 0 Å². The van der Waals surface area contributed by atoms with Crippen molar-refractivity contribution in [3.8, 4) is 11.1 Å². The van der Waals surface area contributed by atoms with Crippen molar-refractivity contribution in [1.82, 2.24) is 29.4 Å². The molecule has 2 aliphatic heterocycles. The summed E-state index contributed by atoms with van der Waals surface area (Å²) in [6.07, 6.45) is 9.51. The molecule has 0 unspecified atom stereocenters. The molecule has 0 bridgehead atoms. The van der Waals surface area contributed by atoms with Crippen LogP contribution in [0.15, 0.2) is 43.0 Å². The van der Waals surface area contributed by atoms with Gasteiger partial charge in [0.2, 0.25) is 0 Å². The van der Waals surface area contributed by atoms with E-state index in [2.05, 4.69) is 19.9 Å². The molecule has 0 spiro atoms. The summed E-state index contributed by atoms with van der Waals surface area (Å²) in [5, 5.41) is 5.47. The van der Waals surface area contributed by atoms with Gasteiger partial charge in [0, 0.05) is 72.6 Å². The Morgan fingerprint density at radius 2 is 1.82 bits per heavy atom. The van der Waals surface area contributed by atoms with Gasteiger partial charge in [-0.3, -0.25) is 9.88 Å². The van der Waals surface area contributed by atoms with E-state index < -0.39 is 6.98 Å². The van der Waals surface area contributed by atoms with Gasteiger partial charge in [0.25, 0.3) is 0 Å². The third-order valence-corrected chi connectivity index (χ3v) is 7.32. The maximum Gasteiger partial charge on any atom is 0.162 e. The van der Waals surface area contributed by atoms with Gasteiger partial charge in [-0.25, -0.2) is 13.9 Å². The highest BCUT2D eigenvalue weighted by atomic mass is 19.1. The molecule has 0 radical (unpaired) electrons. The lowest BCUT2D eigenvalue weighted by molar-refractivity contribution is 0.0982. The number of benzene rings is 1. The zero-order valence-corrected chi connectivity index (χ0v) is 19.3. The first-order valence-electron chi connectivity index (χ1n) is 13.4. The number of rotatable bonds is 3. The lowest BCUT2D eigenvalue weighted by atomic mass is 10.0. The number of hydrogen-bond acceptors (Lipinski definition) is 6. The highest BCUT2D eigenvalue weighted by molar-refractivity contribution is 5.98. The van der Waals surface area contributed by atoms with Gasteiger partial charge in [0.15, 0.2) is 5.65 Å².